The molecular formula is C11H15Cl2N3O. The van der Waals surface area contributed by atoms with Gasteiger partial charge in [-0.25, -0.2) is 4.98 Å². The average Bonchev–Trinajstić information content (AvgIpc) is 2.35. The molecule has 1 unspecified atom stereocenters. The molecule has 1 atom stereocenters. The van der Waals surface area contributed by atoms with E-state index in [1.54, 1.807) is 0 Å². The Morgan fingerprint density at radius 1 is 1.41 bits per heavy atom. The highest BCUT2D eigenvalue weighted by Crippen LogP contribution is 2.25. The van der Waals surface area contributed by atoms with Crippen LogP contribution in [0.4, 0.5) is 5.82 Å². The SMILES string of the molecule is CC(Nc1nc(Cl)ncc1Cl)C1CCOCC1. The molecule has 6 heteroatoms. The molecule has 0 aromatic carbocycles. The van der Waals surface area contributed by atoms with Crippen LogP contribution in [0, 0.1) is 5.92 Å². The molecule has 2 rings (SSSR count). The minimum Gasteiger partial charge on any atom is -0.381 e. The van der Waals surface area contributed by atoms with Gasteiger partial charge in [0.1, 0.15) is 10.8 Å². The fraction of sp³-hybridized carbons (Fsp3) is 0.636. The van der Waals surface area contributed by atoms with Crippen LogP contribution >= 0.6 is 23.2 Å². The highest BCUT2D eigenvalue weighted by atomic mass is 35.5. The van der Waals surface area contributed by atoms with Crippen LogP contribution in [-0.4, -0.2) is 29.2 Å². The van der Waals surface area contributed by atoms with Crippen molar-refractivity contribution in [2.45, 2.75) is 25.8 Å². The number of aromatic nitrogens is 2. The molecule has 1 saturated heterocycles. The number of nitrogens with one attached hydrogen (secondary N) is 1. The second kappa shape index (κ2) is 5.85. The second-order valence-corrected chi connectivity index (χ2v) is 4.96. The molecule has 2 heterocycles. The summed E-state index contributed by atoms with van der Waals surface area (Å²) in [6, 6.07) is 0.294. The van der Waals surface area contributed by atoms with Gasteiger partial charge in [-0.15, -0.1) is 0 Å². The average molecular weight is 276 g/mol. The van der Waals surface area contributed by atoms with Gasteiger partial charge in [0.25, 0.3) is 0 Å². The highest BCUT2D eigenvalue weighted by molar-refractivity contribution is 6.33. The molecule has 1 aromatic rings. The number of anilines is 1. The first kappa shape index (κ1) is 12.9. The Morgan fingerprint density at radius 2 is 2.12 bits per heavy atom. The Morgan fingerprint density at radius 3 is 2.82 bits per heavy atom. The lowest BCUT2D eigenvalue weighted by molar-refractivity contribution is 0.0622. The Hall–Kier alpha value is -0.580. The molecule has 0 amide bonds. The summed E-state index contributed by atoms with van der Waals surface area (Å²) in [4.78, 5) is 7.91. The van der Waals surface area contributed by atoms with E-state index < -0.39 is 0 Å². The van der Waals surface area contributed by atoms with Gasteiger partial charge in [-0.3, -0.25) is 0 Å². The molecule has 1 aliphatic rings. The summed E-state index contributed by atoms with van der Waals surface area (Å²) in [6.45, 7) is 3.78. The molecule has 1 aromatic heterocycles. The molecule has 0 bridgehead atoms. The fourth-order valence-electron chi connectivity index (χ4n) is 2.00. The van der Waals surface area contributed by atoms with E-state index in [1.807, 2.05) is 0 Å². The standard InChI is InChI=1S/C11H15Cl2N3O/c1-7(8-2-4-17-5-3-8)15-10-9(12)6-14-11(13)16-10/h6-8H,2-5H2,1H3,(H,14,15,16). The summed E-state index contributed by atoms with van der Waals surface area (Å²) in [6.07, 6.45) is 3.63. The summed E-state index contributed by atoms with van der Waals surface area (Å²) in [5.74, 6) is 1.18. The maximum absolute atomic E-state index is 6.01. The van der Waals surface area contributed by atoms with Crippen molar-refractivity contribution in [2.75, 3.05) is 18.5 Å². The normalized spacial score (nSPS) is 19.0. The van der Waals surface area contributed by atoms with E-state index in [-0.39, 0.29) is 5.28 Å². The van der Waals surface area contributed by atoms with Gasteiger partial charge in [-0.2, -0.15) is 4.98 Å². The van der Waals surface area contributed by atoms with E-state index in [1.165, 1.54) is 6.20 Å². The predicted octanol–water partition coefficient (Wildman–Crippen LogP) is 3.01. The zero-order valence-corrected chi connectivity index (χ0v) is 11.1. The van der Waals surface area contributed by atoms with Gasteiger partial charge in [0.2, 0.25) is 5.28 Å². The second-order valence-electron chi connectivity index (χ2n) is 4.22. The van der Waals surface area contributed by atoms with Crippen molar-refractivity contribution < 1.29 is 4.74 Å². The van der Waals surface area contributed by atoms with Crippen molar-refractivity contribution >= 4 is 29.0 Å². The number of rotatable bonds is 3. The largest absolute Gasteiger partial charge is 0.381 e. The van der Waals surface area contributed by atoms with Gasteiger partial charge in [-0.05, 0) is 37.3 Å². The van der Waals surface area contributed by atoms with Crippen LogP contribution in [0.5, 0.6) is 0 Å². The van der Waals surface area contributed by atoms with Crippen molar-refractivity contribution in [3.05, 3.63) is 16.5 Å². The monoisotopic (exact) mass is 275 g/mol. The minimum absolute atomic E-state index is 0.205. The van der Waals surface area contributed by atoms with Crippen LogP contribution < -0.4 is 5.32 Å². The molecule has 1 N–H and O–H groups in total. The number of halogens is 2. The molecular weight excluding hydrogens is 261 g/mol. The predicted molar refractivity (Wildman–Crippen MR) is 68.7 cm³/mol. The number of hydrogen-bond donors (Lipinski definition) is 1. The van der Waals surface area contributed by atoms with E-state index >= 15 is 0 Å². The van der Waals surface area contributed by atoms with E-state index in [0.717, 1.165) is 26.1 Å². The highest BCUT2D eigenvalue weighted by Gasteiger charge is 2.21. The maximum atomic E-state index is 6.01. The summed E-state index contributed by atoms with van der Waals surface area (Å²) in [7, 11) is 0. The van der Waals surface area contributed by atoms with Crippen LogP contribution in [0.1, 0.15) is 19.8 Å². The molecule has 0 aliphatic carbocycles. The van der Waals surface area contributed by atoms with Crippen LogP contribution in [0.3, 0.4) is 0 Å². The van der Waals surface area contributed by atoms with Crippen LogP contribution in [0.15, 0.2) is 6.20 Å². The molecule has 94 valence electrons. The molecule has 4 nitrogen and oxygen atoms in total. The van der Waals surface area contributed by atoms with Gasteiger partial charge in [0.05, 0.1) is 6.20 Å². The van der Waals surface area contributed by atoms with Crippen molar-refractivity contribution in [3.63, 3.8) is 0 Å². The minimum atomic E-state index is 0.205. The Labute approximate surface area is 111 Å². The number of hydrogen-bond acceptors (Lipinski definition) is 4. The molecule has 1 fully saturated rings. The van der Waals surface area contributed by atoms with Crippen LogP contribution in [-0.2, 0) is 4.74 Å². The molecule has 0 radical (unpaired) electrons. The molecule has 17 heavy (non-hydrogen) atoms. The van der Waals surface area contributed by atoms with Crippen molar-refractivity contribution in [2.24, 2.45) is 5.92 Å². The van der Waals surface area contributed by atoms with E-state index in [0.29, 0.717) is 22.8 Å². The molecule has 1 aliphatic heterocycles. The Kier molecular flexibility index (Phi) is 4.42. The van der Waals surface area contributed by atoms with Gasteiger partial charge in [0, 0.05) is 19.3 Å². The summed E-state index contributed by atoms with van der Waals surface area (Å²) in [5, 5.41) is 4.00. The van der Waals surface area contributed by atoms with Crippen molar-refractivity contribution in [3.8, 4) is 0 Å². The van der Waals surface area contributed by atoms with Gasteiger partial charge < -0.3 is 10.1 Å². The van der Waals surface area contributed by atoms with Gasteiger partial charge in [-0.1, -0.05) is 11.6 Å². The number of ether oxygens (including phenoxy) is 1. The third-order valence-electron chi connectivity index (χ3n) is 3.05. The third-order valence-corrected chi connectivity index (χ3v) is 3.51. The van der Waals surface area contributed by atoms with E-state index in [2.05, 4.69) is 22.2 Å². The van der Waals surface area contributed by atoms with Gasteiger partial charge in [0.15, 0.2) is 0 Å². The molecule has 0 spiro atoms. The van der Waals surface area contributed by atoms with Crippen molar-refractivity contribution in [1.82, 2.24) is 9.97 Å². The molecule has 0 saturated carbocycles. The lowest BCUT2D eigenvalue weighted by atomic mass is 9.93. The van der Waals surface area contributed by atoms with E-state index in [9.17, 15) is 0 Å². The summed E-state index contributed by atoms with van der Waals surface area (Å²) < 4.78 is 5.34. The van der Waals surface area contributed by atoms with Gasteiger partial charge >= 0.3 is 0 Å². The first-order valence-electron chi connectivity index (χ1n) is 5.69. The topological polar surface area (TPSA) is 47.0 Å². The lowest BCUT2D eigenvalue weighted by Gasteiger charge is -2.28. The third kappa shape index (κ3) is 3.44. The summed E-state index contributed by atoms with van der Waals surface area (Å²) in [5.41, 5.74) is 0. The fourth-order valence-corrected chi connectivity index (χ4v) is 2.28. The van der Waals surface area contributed by atoms with Crippen LogP contribution in [0.25, 0.3) is 0 Å². The Bertz CT molecular complexity index is 383. The summed E-state index contributed by atoms with van der Waals surface area (Å²) >= 11 is 11.8. The zero-order valence-electron chi connectivity index (χ0n) is 9.62. The van der Waals surface area contributed by atoms with Crippen LogP contribution in [0.2, 0.25) is 10.3 Å². The van der Waals surface area contributed by atoms with Crippen molar-refractivity contribution in [1.29, 1.82) is 0 Å². The maximum Gasteiger partial charge on any atom is 0.224 e. The number of nitrogens with zero attached hydrogens (tertiary/aromatic N) is 2. The smallest absolute Gasteiger partial charge is 0.224 e. The zero-order chi connectivity index (χ0) is 12.3. The first-order chi connectivity index (χ1) is 8.16. The van der Waals surface area contributed by atoms with E-state index in [4.69, 9.17) is 27.9 Å². The lowest BCUT2D eigenvalue weighted by Crippen LogP contribution is -2.31. The first-order valence-corrected chi connectivity index (χ1v) is 6.44. The quantitative estimate of drug-likeness (QED) is 0.862. The Balaban J connectivity index is 2.01.